The smallest absolute Gasteiger partial charge is 0.303 e. The van der Waals surface area contributed by atoms with Crippen molar-refractivity contribution in [3.05, 3.63) is 35.5 Å². The number of hydrogen-bond donors (Lipinski definition) is 2. The number of rotatable bonds is 4. The van der Waals surface area contributed by atoms with Gasteiger partial charge < -0.3 is 14.9 Å². The van der Waals surface area contributed by atoms with E-state index in [2.05, 4.69) is 6.08 Å². The number of ketones is 1. The van der Waals surface area contributed by atoms with E-state index in [0.29, 0.717) is 18.8 Å². The van der Waals surface area contributed by atoms with Crippen LogP contribution >= 0.6 is 0 Å². The van der Waals surface area contributed by atoms with Crippen LogP contribution in [0.4, 0.5) is 0 Å². The highest BCUT2D eigenvalue weighted by atomic mass is 16.6. The molecule has 0 aromatic rings. The summed E-state index contributed by atoms with van der Waals surface area (Å²) in [6, 6.07) is 0. The lowest BCUT2D eigenvalue weighted by molar-refractivity contribution is -0.163. The molecular weight excluding hydrogens is 392 g/mol. The molecule has 0 spiro atoms. The van der Waals surface area contributed by atoms with Crippen molar-refractivity contribution in [2.45, 2.75) is 83.5 Å². The Morgan fingerprint density at radius 3 is 2.77 bits per heavy atom. The first kappa shape index (κ1) is 22.5. The zero-order valence-corrected chi connectivity index (χ0v) is 18.9. The van der Waals surface area contributed by atoms with Gasteiger partial charge >= 0.3 is 5.97 Å². The minimum Gasteiger partial charge on any atom is -0.455 e. The molecule has 0 amide bonds. The Balaban J connectivity index is 1.62. The van der Waals surface area contributed by atoms with Crippen molar-refractivity contribution in [3.8, 4) is 0 Å². The summed E-state index contributed by atoms with van der Waals surface area (Å²) >= 11 is 0. The third-order valence-electron chi connectivity index (χ3n) is 8.28. The van der Waals surface area contributed by atoms with Gasteiger partial charge in [-0.2, -0.15) is 0 Å². The third kappa shape index (κ3) is 4.19. The fourth-order valence-electron chi connectivity index (χ4n) is 6.87. The summed E-state index contributed by atoms with van der Waals surface area (Å²) < 4.78 is 5.49. The maximum absolute atomic E-state index is 13.0. The summed E-state index contributed by atoms with van der Waals surface area (Å²) in [5, 5.41) is 21.7. The van der Waals surface area contributed by atoms with Crippen molar-refractivity contribution in [1.82, 2.24) is 0 Å². The molecule has 4 aliphatic rings. The van der Waals surface area contributed by atoms with E-state index in [-0.39, 0.29) is 29.5 Å². The first-order chi connectivity index (χ1) is 14.7. The Bertz CT molecular complexity index is 820. The molecule has 2 fully saturated rings. The van der Waals surface area contributed by atoms with Crippen LogP contribution in [-0.2, 0) is 14.3 Å². The van der Waals surface area contributed by atoms with Crippen molar-refractivity contribution >= 4 is 11.8 Å². The molecule has 2 bridgehead atoms. The molecule has 4 aliphatic carbocycles. The second-order valence-electron chi connectivity index (χ2n) is 10.2. The summed E-state index contributed by atoms with van der Waals surface area (Å²) in [5.74, 6) is 0.529. The lowest BCUT2D eigenvalue weighted by Crippen LogP contribution is -2.49. The van der Waals surface area contributed by atoms with Gasteiger partial charge in [-0.05, 0) is 88.7 Å². The summed E-state index contributed by atoms with van der Waals surface area (Å²) in [7, 11) is 0. The van der Waals surface area contributed by atoms with Crippen molar-refractivity contribution in [2.24, 2.45) is 29.6 Å². The minimum atomic E-state index is -1.16. The maximum Gasteiger partial charge on any atom is 0.303 e. The van der Waals surface area contributed by atoms with Crippen LogP contribution in [0.3, 0.4) is 0 Å². The predicted octanol–water partition coefficient (Wildman–Crippen LogP) is 3.89. The standard InChI is InChI=1S/C26H36O5/c1-4-5-25(31-15(2)27)26(3,30)23-11-10-20-21(23)9-8-19-16-6-7-18(28)13-17(12-16)24(29)14-22(19)20/h4-6,14,17-21,23,25,28,30H,7-13H2,1-3H3/b5-4+. The molecule has 2 N–H and O–H groups in total. The molecule has 8 atom stereocenters. The molecule has 0 heterocycles. The highest BCUT2D eigenvalue weighted by Crippen LogP contribution is 2.56. The van der Waals surface area contributed by atoms with Crippen LogP contribution in [0.2, 0.25) is 0 Å². The zero-order valence-electron chi connectivity index (χ0n) is 18.9. The van der Waals surface area contributed by atoms with Gasteiger partial charge in [-0.15, -0.1) is 0 Å². The van der Waals surface area contributed by atoms with Gasteiger partial charge in [0.05, 0.1) is 6.10 Å². The summed E-state index contributed by atoms with van der Waals surface area (Å²) in [4.78, 5) is 24.7. The number of ether oxygens (including phenoxy) is 1. The number of carbonyl (C=O) groups is 2. The van der Waals surface area contributed by atoms with E-state index in [0.717, 1.165) is 32.1 Å². The van der Waals surface area contributed by atoms with E-state index in [4.69, 9.17) is 4.74 Å². The van der Waals surface area contributed by atoms with Crippen molar-refractivity contribution in [2.75, 3.05) is 0 Å². The molecule has 0 radical (unpaired) electrons. The summed E-state index contributed by atoms with van der Waals surface area (Å²) in [5.41, 5.74) is 1.43. The summed E-state index contributed by atoms with van der Waals surface area (Å²) in [6.07, 6.45) is 12.3. The molecule has 5 nitrogen and oxygen atoms in total. The van der Waals surface area contributed by atoms with Crippen LogP contribution in [0.15, 0.2) is 35.5 Å². The van der Waals surface area contributed by atoms with Gasteiger partial charge in [0.25, 0.3) is 0 Å². The maximum atomic E-state index is 13.0. The van der Waals surface area contributed by atoms with E-state index in [1.807, 2.05) is 19.1 Å². The van der Waals surface area contributed by atoms with E-state index in [1.54, 1.807) is 13.0 Å². The normalized spacial score (nSPS) is 38.2. The second-order valence-corrected chi connectivity index (χ2v) is 10.2. The molecular formula is C26H36O5. The van der Waals surface area contributed by atoms with Gasteiger partial charge in [-0.25, -0.2) is 0 Å². The number of aliphatic hydroxyl groups is 2. The van der Waals surface area contributed by atoms with Gasteiger partial charge in [0.1, 0.15) is 11.7 Å². The molecule has 170 valence electrons. The Labute approximate surface area is 185 Å². The molecule has 0 aliphatic heterocycles. The predicted molar refractivity (Wildman–Crippen MR) is 118 cm³/mol. The topological polar surface area (TPSA) is 83.8 Å². The fraction of sp³-hybridized carbons (Fsp3) is 0.692. The SMILES string of the molecule is C/C=C/C(OC(C)=O)C(C)(O)C1CCC2C3=CC(=O)C4CC(=CCC(O)C4)C3CCC21. The molecule has 0 aromatic heterocycles. The summed E-state index contributed by atoms with van der Waals surface area (Å²) in [6.45, 7) is 5.04. The Morgan fingerprint density at radius 2 is 2.06 bits per heavy atom. The second kappa shape index (κ2) is 8.67. The Kier molecular flexibility index (Phi) is 6.28. The molecule has 8 unspecified atom stereocenters. The van der Waals surface area contributed by atoms with Gasteiger partial charge in [-0.1, -0.05) is 23.3 Å². The number of aliphatic hydroxyl groups excluding tert-OH is 1. The first-order valence-electron chi connectivity index (χ1n) is 11.9. The van der Waals surface area contributed by atoms with E-state index >= 15 is 0 Å². The van der Waals surface area contributed by atoms with Gasteiger partial charge in [0, 0.05) is 18.8 Å². The molecule has 5 heteroatoms. The molecule has 4 rings (SSSR count). The number of fused-ring (bicyclic) bond motifs is 6. The minimum absolute atomic E-state index is 0.0104. The molecule has 0 saturated heterocycles. The van der Waals surface area contributed by atoms with Crippen LogP contribution in [0.1, 0.15) is 65.7 Å². The number of hydrogen-bond acceptors (Lipinski definition) is 5. The number of carbonyl (C=O) groups excluding carboxylic acids is 2. The van der Waals surface area contributed by atoms with Crippen LogP contribution in [0.25, 0.3) is 0 Å². The molecule has 2 saturated carbocycles. The average Bonchev–Trinajstić information content (AvgIpc) is 2.99. The van der Waals surface area contributed by atoms with Gasteiger partial charge in [0.2, 0.25) is 0 Å². The van der Waals surface area contributed by atoms with Crippen LogP contribution in [0, 0.1) is 29.6 Å². The zero-order chi connectivity index (χ0) is 22.3. The van der Waals surface area contributed by atoms with Crippen LogP contribution < -0.4 is 0 Å². The lowest BCUT2D eigenvalue weighted by Gasteiger charge is -2.43. The molecule has 0 aromatic carbocycles. The van der Waals surface area contributed by atoms with E-state index < -0.39 is 23.8 Å². The largest absolute Gasteiger partial charge is 0.455 e. The van der Waals surface area contributed by atoms with Gasteiger partial charge in [-0.3, -0.25) is 9.59 Å². The van der Waals surface area contributed by atoms with Crippen LogP contribution in [-0.4, -0.2) is 39.8 Å². The number of allylic oxidation sites excluding steroid dienone is 4. The van der Waals surface area contributed by atoms with Crippen molar-refractivity contribution < 1.29 is 24.5 Å². The van der Waals surface area contributed by atoms with Gasteiger partial charge in [0.15, 0.2) is 5.78 Å². The Morgan fingerprint density at radius 1 is 1.29 bits per heavy atom. The third-order valence-corrected chi connectivity index (χ3v) is 8.28. The quantitative estimate of drug-likeness (QED) is 0.524. The van der Waals surface area contributed by atoms with E-state index in [1.165, 1.54) is 18.1 Å². The van der Waals surface area contributed by atoms with E-state index in [9.17, 15) is 19.8 Å². The monoisotopic (exact) mass is 428 g/mol. The van der Waals surface area contributed by atoms with Crippen molar-refractivity contribution in [1.29, 1.82) is 0 Å². The first-order valence-corrected chi connectivity index (χ1v) is 11.9. The molecule has 31 heavy (non-hydrogen) atoms. The fourth-order valence-corrected chi connectivity index (χ4v) is 6.87. The average molecular weight is 429 g/mol. The number of esters is 1. The van der Waals surface area contributed by atoms with Crippen LogP contribution in [0.5, 0.6) is 0 Å². The highest BCUT2D eigenvalue weighted by Gasteiger charge is 2.53. The Hall–Kier alpha value is -1.72. The lowest BCUT2D eigenvalue weighted by atomic mass is 9.65. The van der Waals surface area contributed by atoms with Crippen molar-refractivity contribution in [3.63, 3.8) is 0 Å². The highest BCUT2D eigenvalue weighted by molar-refractivity contribution is 5.93.